The molecule has 0 aliphatic rings. The molecule has 0 heterocycles. The predicted molar refractivity (Wildman–Crippen MR) is 67.7 cm³/mol. The van der Waals surface area contributed by atoms with E-state index in [0.29, 0.717) is 22.5 Å². The topological polar surface area (TPSA) is 26.3 Å². The Kier molecular flexibility index (Phi) is 5.09. The Morgan fingerprint density at radius 1 is 1.53 bits per heavy atom. The molecule has 0 saturated carbocycles. The summed E-state index contributed by atoms with van der Waals surface area (Å²) < 4.78 is 5.70. The summed E-state index contributed by atoms with van der Waals surface area (Å²) in [5, 5.41) is 1.05. The van der Waals surface area contributed by atoms with Crippen LogP contribution in [0.1, 0.15) is 22.8 Å². The van der Waals surface area contributed by atoms with Gasteiger partial charge in [-0.15, -0.1) is 0 Å². The number of carbonyl (C=O) groups excluding carboxylic acids is 1. The smallest absolute Gasteiger partial charge is 0.338 e. The number of alkyl halides is 1. The number of esters is 1. The summed E-state index contributed by atoms with van der Waals surface area (Å²) >= 11 is 12.7. The molecule has 0 aliphatic carbocycles. The van der Waals surface area contributed by atoms with Crippen molar-refractivity contribution in [1.29, 1.82) is 0 Å². The summed E-state index contributed by atoms with van der Waals surface area (Å²) in [5.41, 5.74) is 1.24. The standard InChI is InChI=1S/C10H9Br2ClO2/c1-2-15-10(14)6-3-4-8(12)9(13)7(6)5-11/h3-4H,2,5H2,1H3. The van der Waals surface area contributed by atoms with Gasteiger partial charge in [-0.1, -0.05) is 27.5 Å². The van der Waals surface area contributed by atoms with Crippen molar-refractivity contribution in [3.63, 3.8) is 0 Å². The molecule has 2 nitrogen and oxygen atoms in total. The van der Waals surface area contributed by atoms with Crippen LogP contribution in [-0.2, 0) is 10.1 Å². The minimum atomic E-state index is -0.346. The van der Waals surface area contributed by atoms with E-state index in [-0.39, 0.29) is 5.97 Å². The van der Waals surface area contributed by atoms with Crippen molar-refractivity contribution in [2.45, 2.75) is 12.3 Å². The van der Waals surface area contributed by atoms with Crippen LogP contribution in [0.3, 0.4) is 0 Å². The maximum Gasteiger partial charge on any atom is 0.338 e. The maximum absolute atomic E-state index is 11.6. The number of ether oxygens (including phenoxy) is 1. The normalized spacial score (nSPS) is 10.1. The van der Waals surface area contributed by atoms with Crippen LogP contribution in [0.5, 0.6) is 0 Å². The molecular formula is C10H9Br2ClO2. The van der Waals surface area contributed by atoms with Crippen molar-refractivity contribution in [3.05, 3.63) is 32.8 Å². The fraction of sp³-hybridized carbons (Fsp3) is 0.300. The van der Waals surface area contributed by atoms with E-state index in [0.717, 1.165) is 10.0 Å². The Balaban J connectivity index is 3.18. The Labute approximate surface area is 110 Å². The lowest BCUT2D eigenvalue weighted by Gasteiger charge is -2.09. The average molecular weight is 356 g/mol. The molecule has 82 valence electrons. The molecule has 0 fully saturated rings. The second-order valence-electron chi connectivity index (χ2n) is 2.74. The Morgan fingerprint density at radius 3 is 2.73 bits per heavy atom. The lowest BCUT2D eigenvalue weighted by atomic mass is 10.1. The van der Waals surface area contributed by atoms with Crippen LogP contribution >= 0.6 is 43.5 Å². The molecule has 0 saturated heterocycles. The molecule has 0 radical (unpaired) electrons. The molecule has 0 amide bonds. The van der Waals surface area contributed by atoms with Crippen LogP contribution in [0.25, 0.3) is 0 Å². The number of benzene rings is 1. The van der Waals surface area contributed by atoms with Crippen molar-refractivity contribution in [3.8, 4) is 0 Å². The maximum atomic E-state index is 11.6. The Morgan fingerprint density at radius 2 is 2.20 bits per heavy atom. The van der Waals surface area contributed by atoms with Gasteiger partial charge in [0.2, 0.25) is 0 Å². The lowest BCUT2D eigenvalue weighted by molar-refractivity contribution is 0.0525. The van der Waals surface area contributed by atoms with E-state index in [9.17, 15) is 4.79 Å². The van der Waals surface area contributed by atoms with Gasteiger partial charge in [0, 0.05) is 9.80 Å². The first-order valence-corrected chi connectivity index (χ1v) is 6.61. The van der Waals surface area contributed by atoms with Crippen molar-refractivity contribution in [2.75, 3.05) is 6.61 Å². The molecule has 1 aromatic rings. The summed E-state index contributed by atoms with van der Waals surface area (Å²) in [6.45, 7) is 2.13. The molecule has 0 spiro atoms. The molecule has 1 aromatic carbocycles. The summed E-state index contributed by atoms with van der Waals surface area (Å²) in [6, 6.07) is 3.44. The van der Waals surface area contributed by atoms with E-state index >= 15 is 0 Å². The first-order chi connectivity index (χ1) is 7.11. The third-order valence-corrected chi connectivity index (χ3v) is 3.71. The van der Waals surface area contributed by atoms with Gasteiger partial charge >= 0.3 is 5.97 Å². The number of halogens is 3. The van der Waals surface area contributed by atoms with Crippen LogP contribution < -0.4 is 0 Å². The first-order valence-electron chi connectivity index (χ1n) is 4.31. The highest BCUT2D eigenvalue weighted by atomic mass is 79.9. The fourth-order valence-electron chi connectivity index (χ4n) is 1.12. The second kappa shape index (κ2) is 5.87. The Bertz CT molecular complexity index is 380. The van der Waals surface area contributed by atoms with Gasteiger partial charge in [-0.05, 0) is 40.5 Å². The second-order valence-corrected chi connectivity index (χ2v) is 4.53. The highest BCUT2D eigenvalue weighted by Crippen LogP contribution is 2.30. The third kappa shape index (κ3) is 2.95. The molecular weight excluding hydrogens is 347 g/mol. The summed E-state index contributed by atoms with van der Waals surface area (Å²) in [7, 11) is 0. The van der Waals surface area contributed by atoms with Crippen molar-refractivity contribution in [2.24, 2.45) is 0 Å². The summed E-state index contributed by atoms with van der Waals surface area (Å²) in [6.07, 6.45) is 0. The first kappa shape index (κ1) is 13.0. The molecule has 0 atom stereocenters. The van der Waals surface area contributed by atoms with Crippen LogP contribution in [-0.4, -0.2) is 12.6 Å². The van der Waals surface area contributed by atoms with Crippen LogP contribution in [0.2, 0.25) is 5.02 Å². The van der Waals surface area contributed by atoms with Crippen molar-refractivity contribution in [1.82, 2.24) is 0 Å². The van der Waals surface area contributed by atoms with Gasteiger partial charge in [0.1, 0.15) is 0 Å². The van der Waals surface area contributed by atoms with Gasteiger partial charge in [-0.25, -0.2) is 4.79 Å². The number of hydrogen-bond acceptors (Lipinski definition) is 2. The Hall–Kier alpha value is -0.0600. The minimum absolute atomic E-state index is 0.346. The summed E-state index contributed by atoms with van der Waals surface area (Å²) in [5.74, 6) is -0.346. The fourth-order valence-corrected chi connectivity index (χ4v) is 2.47. The predicted octanol–water partition coefficient (Wildman–Crippen LogP) is 4.17. The quantitative estimate of drug-likeness (QED) is 0.600. The lowest BCUT2D eigenvalue weighted by Crippen LogP contribution is -2.08. The number of rotatable bonds is 3. The molecule has 1 rings (SSSR count). The van der Waals surface area contributed by atoms with Gasteiger partial charge in [-0.3, -0.25) is 0 Å². The largest absolute Gasteiger partial charge is 0.462 e. The summed E-state index contributed by atoms with van der Waals surface area (Å²) in [4.78, 5) is 11.6. The highest BCUT2D eigenvalue weighted by Gasteiger charge is 2.16. The molecule has 0 N–H and O–H groups in total. The van der Waals surface area contributed by atoms with Crippen LogP contribution in [0.15, 0.2) is 16.6 Å². The minimum Gasteiger partial charge on any atom is -0.462 e. The van der Waals surface area contributed by atoms with Crippen molar-refractivity contribution < 1.29 is 9.53 Å². The number of hydrogen-bond donors (Lipinski definition) is 0. The van der Waals surface area contributed by atoms with E-state index < -0.39 is 0 Å². The monoisotopic (exact) mass is 354 g/mol. The van der Waals surface area contributed by atoms with Gasteiger partial charge in [0.05, 0.1) is 17.2 Å². The van der Waals surface area contributed by atoms with Gasteiger partial charge in [-0.2, -0.15) is 0 Å². The SMILES string of the molecule is CCOC(=O)c1ccc(Br)c(Cl)c1CBr. The van der Waals surface area contributed by atoms with E-state index in [1.165, 1.54) is 0 Å². The van der Waals surface area contributed by atoms with Crippen LogP contribution in [0, 0.1) is 0 Å². The zero-order chi connectivity index (χ0) is 11.4. The van der Waals surface area contributed by atoms with Gasteiger partial charge in [0.25, 0.3) is 0 Å². The van der Waals surface area contributed by atoms with E-state index in [2.05, 4.69) is 31.9 Å². The zero-order valence-corrected chi connectivity index (χ0v) is 11.9. The molecule has 0 bridgehead atoms. The third-order valence-electron chi connectivity index (χ3n) is 1.83. The molecule has 15 heavy (non-hydrogen) atoms. The molecule has 0 aromatic heterocycles. The van der Waals surface area contributed by atoms with Crippen molar-refractivity contribution >= 4 is 49.4 Å². The van der Waals surface area contributed by atoms with Gasteiger partial charge in [0.15, 0.2) is 0 Å². The van der Waals surface area contributed by atoms with E-state index in [4.69, 9.17) is 16.3 Å². The average Bonchev–Trinajstić information content (AvgIpc) is 2.22. The molecule has 5 heteroatoms. The highest BCUT2D eigenvalue weighted by molar-refractivity contribution is 9.10. The molecule has 0 aliphatic heterocycles. The zero-order valence-electron chi connectivity index (χ0n) is 8.02. The van der Waals surface area contributed by atoms with Gasteiger partial charge < -0.3 is 4.74 Å². The van der Waals surface area contributed by atoms with E-state index in [1.807, 2.05) is 0 Å². The number of carbonyl (C=O) groups is 1. The van der Waals surface area contributed by atoms with E-state index in [1.54, 1.807) is 19.1 Å². The molecule has 0 unspecified atom stereocenters. The van der Waals surface area contributed by atoms with Crippen LogP contribution in [0.4, 0.5) is 0 Å².